The highest BCUT2D eigenvalue weighted by atomic mass is 32.2. The minimum Gasteiger partial charge on any atom is -0.301 e. The van der Waals surface area contributed by atoms with E-state index in [1.807, 2.05) is 0 Å². The average molecular weight is 124 g/mol. The maximum atomic E-state index is 9.41. The molecule has 42 valence electrons. The molecular weight excluding hydrogens is 120 g/mol. The van der Waals surface area contributed by atoms with Gasteiger partial charge in [0.05, 0.1) is 0 Å². The van der Waals surface area contributed by atoms with Crippen molar-refractivity contribution in [1.29, 1.82) is 0 Å². The highest BCUT2D eigenvalue weighted by Crippen LogP contribution is 1.64. The molecule has 0 spiro atoms. The SMILES string of the molecule is O=CCO[SH](=O)=O. The van der Waals surface area contributed by atoms with E-state index in [0.717, 1.165) is 0 Å². The molecule has 0 amide bonds. The Morgan fingerprint density at radius 3 is 2.29 bits per heavy atom. The highest BCUT2D eigenvalue weighted by molar-refractivity contribution is 7.67. The summed E-state index contributed by atoms with van der Waals surface area (Å²) in [5, 5.41) is 0. The fourth-order valence-electron chi connectivity index (χ4n) is 0.0913. The van der Waals surface area contributed by atoms with Crippen molar-refractivity contribution in [2.45, 2.75) is 0 Å². The number of aldehydes is 1. The van der Waals surface area contributed by atoms with E-state index in [0.29, 0.717) is 6.29 Å². The predicted octanol–water partition coefficient (Wildman–Crippen LogP) is -1.27. The Morgan fingerprint density at radius 2 is 2.14 bits per heavy atom. The van der Waals surface area contributed by atoms with Crippen molar-refractivity contribution in [1.82, 2.24) is 0 Å². The summed E-state index contributed by atoms with van der Waals surface area (Å²) < 4.78 is 22.6. The van der Waals surface area contributed by atoms with Crippen LogP contribution < -0.4 is 0 Å². The van der Waals surface area contributed by atoms with Crippen molar-refractivity contribution >= 4 is 17.3 Å². The zero-order chi connectivity index (χ0) is 5.70. The van der Waals surface area contributed by atoms with E-state index >= 15 is 0 Å². The second-order valence-electron chi connectivity index (χ2n) is 0.686. The Kier molecular flexibility index (Phi) is 3.53. The Morgan fingerprint density at radius 1 is 1.57 bits per heavy atom. The lowest BCUT2D eigenvalue weighted by atomic mass is 10.9. The molecule has 0 aliphatic heterocycles. The lowest BCUT2D eigenvalue weighted by Gasteiger charge is -1.77. The number of thiol groups is 1. The van der Waals surface area contributed by atoms with E-state index in [-0.39, 0.29) is 6.61 Å². The van der Waals surface area contributed by atoms with Gasteiger partial charge in [-0.3, -0.25) is 4.18 Å². The van der Waals surface area contributed by atoms with Crippen LogP contribution in [-0.4, -0.2) is 21.3 Å². The smallest absolute Gasteiger partial charge is 0.257 e. The summed E-state index contributed by atoms with van der Waals surface area (Å²) in [6.45, 7) is -0.376. The number of carbonyl (C=O) groups excluding carboxylic acids is 1. The summed E-state index contributed by atoms with van der Waals surface area (Å²) in [5.74, 6) is 0. The molecule has 0 atom stereocenters. The van der Waals surface area contributed by atoms with Gasteiger partial charge < -0.3 is 4.79 Å². The molecule has 4 nitrogen and oxygen atoms in total. The topological polar surface area (TPSA) is 60.4 Å². The molecule has 0 saturated heterocycles. The van der Waals surface area contributed by atoms with Crippen LogP contribution in [0.1, 0.15) is 0 Å². The fourth-order valence-corrected chi connectivity index (χ4v) is 0.274. The van der Waals surface area contributed by atoms with Crippen molar-refractivity contribution in [2.75, 3.05) is 6.61 Å². The minimum atomic E-state index is -2.84. The maximum absolute atomic E-state index is 9.41. The summed E-state index contributed by atoms with van der Waals surface area (Å²) in [4.78, 5) is 9.32. The Labute approximate surface area is 42.2 Å². The summed E-state index contributed by atoms with van der Waals surface area (Å²) in [6, 6.07) is 0. The number of rotatable bonds is 3. The standard InChI is InChI=1S/C2H4O4S/c3-1-2-6-7(4)5/h1,7H,2H2. The second kappa shape index (κ2) is 3.76. The Hall–Kier alpha value is -0.420. The van der Waals surface area contributed by atoms with Crippen molar-refractivity contribution < 1.29 is 17.4 Å². The number of hydrogen-bond donors (Lipinski definition) is 1. The summed E-state index contributed by atoms with van der Waals surface area (Å²) in [5.41, 5.74) is 0. The number of carbonyl (C=O) groups is 1. The molecular formula is C2H4O4S. The van der Waals surface area contributed by atoms with Gasteiger partial charge in [0.15, 0.2) is 0 Å². The van der Waals surface area contributed by atoms with Gasteiger partial charge in [0.25, 0.3) is 11.0 Å². The molecule has 0 radical (unpaired) electrons. The van der Waals surface area contributed by atoms with Crippen molar-refractivity contribution in [2.24, 2.45) is 0 Å². The van der Waals surface area contributed by atoms with E-state index in [4.69, 9.17) is 0 Å². The first-order valence-electron chi connectivity index (χ1n) is 1.48. The third-order valence-electron chi connectivity index (χ3n) is 0.248. The molecule has 0 saturated carbocycles. The minimum absolute atomic E-state index is 0.366. The summed E-state index contributed by atoms with van der Waals surface area (Å²) >= 11 is 0. The van der Waals surface area contributed by atoms with Gasteiger partial charge >= 0.3 is 0 Å². The normalized spacial score (nSPS) is 9.29. The molecule has 0 aliphatic rings. The lowest BCUT2D eigenvalue weighted by Crippen LogP contribution is -1.90. The molecule has 0 heterocycles. The largest absolute Gasteiger partial charge is 0.301 e. The third-order valence-corrected chi connectivity index (χ3v) is 0.608. The molecule has 0 aromatic carbocycles. The van der Waals surface area contributed by atoms with E-state index in [2.05, 4.69) is 4.18 Å². The van der Waals surface area contributed by atoms with Gasteiger partial charge in [-0.2, -0.15) is 0 Å². The van der Waals surface area contributed by atoms with Crippen LogP contribution in [0.25, 0.3) is 0 Å². The zero-order valence-corrected chi connectivity index (χ0v) is 4.26. The lowest BCUT2D eigenvalue weighted by molar-refractivity contribution is -0.109. The van der Waals surface area contributed by atoms with Gasteiger partial charge in [-0.1, -0.05) is 0 Å². The second-order valence-corrected chi connectivity index (χ2v) is 1.39. The summed E-state index contributed by atoms with van der Waals surface area (Å²) in [7, 11) is -2.84. The Balaban J connectivity index is 3.14. The molecule has 5 heteroatoms. The molecule has 0 N–H and O–H groups in total. The van der Waals surface area contributed by atoms with Gasteiger partial charge in [-0.15, -0.1) is 0 Å². The van der Waals surface area contributed by atoms with E-state index < -0.39 is 11.0 Å². The van der Waals surface area contributed by atoms with Gasteiger partial charge in [0.2, 0.25) is 0 Å². The summed E-state index contributed by atoms with van der Waals surface area (Å²) in [6.07, 6.45) is 0.366. The molecule has 0 fully saturated rings. The third kappa shape index (κ3) is 5.58. The first kappa shape index (κ1) is 6.58. The maximum Gasteiger partial charge on any atom is 0.257 e. The Bertz CT molecular complexity index is 107. The van der Waals surface area contributed by atoms with Crippen LogP contribution in [0.4, 0.5) is 0 Å². The molecule has 0 unspecified atom stereocenters. The average Bonchev–Trinajstić information content (AvgIpc) is 1.61. The van der Waals surface area contributed by atoms with Gasteiger partial charge in [-0.05, 0) is 0 Å². The van der Waals surface area contributed by atoms with Crippen LogP contribution in [0.5, 0.6) is 0 Å². The molecule has 0 aliphatic carbocycles. The fraction of sp³-hybridized carbons (Fsp3) is 0.500. The van der Waals surface area contributed by atoms with E-state index in [1.165, 1.54) is 0 Å². The zero-order valence-electron chi connectivity index (χ0n) is 3.36. The predicted molar refractivity (Wildman–Crippen MR) is 22.3 cm³/mol. The van der Waals surface area contributed by atoms with E-state index in [9.17, 15) is 13.2 Å². The first-order chi connectivity index (χ1) is 3.27. The number of hydrogen-bond acceptors (Lipinski definition) is 4. The van der Waals surface area contributed by atoms with E-state index in [1.54, 1.807) is 0 Å². The van der Waals surface area contributed by atoms with Crippen molar-refractivity contribution in [3.05, 3.63) is 0 Å². The van der Waals surface area contributed by atoms with Crippen LogP contribution in [0.15, 0.2) is 0 Å². The van der Waals surface area contributed by atoms with Crippen LogP contribution >= 0.6 is 0 Å². The van der Waals surface area contributed by atoms with Crippen LogP contribution in [0.2, 0.25) is 0 Å². The van der Waals surface area contributed by atoms with Gasteiger partial charge in [0.1, 0.15) is 12.9 Å². The molecule has 0 aromatic rings. The molecule has 0 rings (SSSR count). The molecule has 0 aromatic heterocycles. The first-order valence-corrected chi connectivity index (χ1v) is 2.58. The molecule has 7 heavy (non-hydrogen) atoms. The quantitative estimate of drug-likeness (QED) is 0.376. The molecule has 0 bridgehead atoms. The van der Waals surface area contributed by atoms with Crippen LogP contribution in [0, 0.1) is 0 Å². The monoisotopic (exact) mass is 124 g/mol. The van der Waals surface area contributed by atoms with Crippen molar-refractivity contribution in [3.63, 3.8) is 0 Å². The van der Waals surface area contributed by atoms with Crippen LogP contribution in [0.3, 0.4) is 0 Å². The highest BCUT2D eigenvalue weighted by Gasteiger charge is 1.78. The van der Waals surface area contributed by atoms with Gasteiger partial charge in [0, 0.05) is 0 Å². The van der Waals surface area contributed by atoms with Crippen LogP contribution in [-0.2, 0) is 20.0 Å². The van der Waals surface area contributed by atoms with Gasteiger partial charge in [-0.25, -0.2) is 8.42 Å². The van der Waals surface area contributed by atoms with Crippen molar-refractivity contribution in [3.8, 4) is 0 Å².